The molecule has 0 bridgehead atoms. The van der Waals surface area contributed by atoms with Gasteiger partial charge in [-0.25, -0.2) is 0 Å². The van der Waals surface area contributed by atoms with Crippen molar-refractivity contribution in [2.75, 3.05) is 13.2 Å². The molecule has 0 aliphatic heterocycles. The monoisotopic (exact) mass is 222 g/mol. The highest BCUT2D eigenvalue weighted by Crippen LogP contribution is 2.15. The van der Waals surface area contributed by atoms with Gasteiger partial charge in [-0.05, 0) is 17.5 Å². The molecule has 1 N–H and O–H groups in total. The summed E-state index contributed by atoms with van der Waals surface area (Å²) in [7, 11) is 0. The number of rotatable bonds is 6. The molecule has 0 aliphatic rings. The van der Waals surface area contributed by atoms with Crippen LogP contribution < -0.4 is 0 Å². The molecular formula is C14H22O2. The van der Waals surface area contributed by atoms with E-state index in [0.29, 0.717) is 13.2 Å². The van der Waals surface area contributed by atoms with E-state index in [-0.39, 0.29) is 12.0 Å². The highest BCUT2D eigenvalue weighted by atomic mass is 16.5. The maximum Gasteiger partial charge on any atom is 0.0717 e. The van der Waals surface area contributed by atoms with Crippen LogP contribution in [0.25, 0.3) is 0 Å². The summed E-state index contributed by atoms with van der Waals surface area (Å²) < 4.78 is 5.59. The fraction of sp³-hybridized carbons (Fsp3) is 0.571. The van der Waals surface area contributed by atoms with Crippen LogP contribution in [-0.2, 0) is 17.8 Å². The number of benzene rings is 1. The van der Waals surface area contributed by atoms with Gasteiger partial charge < -0.3 is 9.84 Å². The molecule has 0 heterocycles. The van der Waals surface area contributed by atoms with Crippen LogP contribution in [0, 0.1) is 5.41 Å². The van der Waals surface area contributed by atoms with Gasteiger partial charge in [0, 0.05) is 5.41 Å². The summed E-state index contributed by atoms with van der Waals surface area (Å²) in [6.07, 6.45) is 1.07. The first-order valence-corrected chi connectivity index (χ1v) is 5.84. The molecule has 0 aliphatic carbocycles. The van der Waals surface area contributed by atoms with Gasteiger partial charge in [0.2, 0.25) is 0 Å². The molecule has 0 amide bonds. The van der Waals surface area contributed by atoms with Gasteiger partial charge in [0.15, 0.2) is 0 Å². The molecule has 2 heteroatoms. The van der Waals surface area contributed by atoms with E-state index in [1.54, 1.807) is 0 Å². The second-order valence-electron chi connectivity index (χ2n) is 4.99. The van der Waals surface area contributed by atoms with E-state index in [1.807, 2.05) is 13.8 Å². The molecule has 1 rings (SSSR count). The quantitative estimate of drug-likeness (QED) is 0.802. The second kappa shape index (κ2) is 6.02. The number of aryl methyl sites for hydroxylation is 1. The van der Waals surface area contributed by atoms with Crippen molar-refractivity contribution in [1.82, 2.24) is 0 Å². The van der Waals surface area contributed by atoms with Crippen LogP contribution in [0.2, 0.25) is 0 Å². The van der Waals surface area contributed by atoms with E-state index in [2.05, 4.69) is 31.2 Å². The number of ether oxygens (including phenoxy) is 1. The molecule has 16 heavy (non-hydrogen) atoms. The van der Waals surface area contributed by atoms with Gasteiger partial charge in [-0.2, -0.15) is 0 Å². The van der Waals surface area contributed by atoms with Gasteiger partial charge in [-0.1, -0.05) is 45.0 Å². The van der Waals surface area contributed by atoms with Crippen molar-refractivity contribution in [3.8, 4) is 0 Å². The van der Waals surface area contributed by atoms with Crippen molar-refractivity contribution in [3.63, 3.8) is 0 Å². The van der Waals surface area contributed by atoms with Crippen molar-refractivity contribution in [2.45, 2.75) is 33.8 Å². The number of hydrogen-bond donors (Lipinski definition) is 1. The van der Waals surface area contributed by atoms with E-state index in [9.17, 15) is 0 Å². The predicted octanol–water partition coefficient (Wildman–Crippen LogP) is 2.78. The van der Waals surface area contributed by atoms with E-state index in [0.717, 1.165) is 6.42 Å². The fourth-order valence-corrected chi connectivity index (χ4v) is 1.36. The summed E-state index contributed by atoms with van der Waals surface area (Å²) in [6.45, 7) is 7.49. The third kappa shape index (κ3) is 4.33. The number of aliphatic hydroxyl groups excluding tert-OH is 1. The molecule has 0 fully saturated rings. The molecular weight excluding hydrogens is 200 g/mol. The Hall–Kier alpha value is -0.860. The van der Waals surface area contributed by atoms with Crippen molar-refractivity contribution >= 4 is 0 Å². The molecule has 2 nitrogen and oxygen atoms in total. The van der Waals surface area contributed by atoms with E-state index in [1.165, 1.54) is 11.1 Å². The zero-order valence-corrected chi connectivity index (χ0v) is 10.5. The van der Waals surface area contributed by atoms with E-state index in [4.69, 9.17) is 9.84 Å². The van der Waals surface area contributed by atoms with Crippen LogP contribution in [0.5, 0.6) is 0 Å². The Kier molecular flexibility index (Phi) is 4.97. The molecule has 0 saturated carbocycles. The zero-order valence-electron chi connectivity index (χ0n) is 10.5. The average molecular weight is 222 g/mol. The summed E-state index contributed by atoms with van der Waals surface area (Å²) in [5.41, 5.74) is 2.38. The Balaban J connectivity index is 2.37. The van der Waals surface area contributed by atoms with Crippen LogP contribution in [-0.4, -0.2) is 18.3 Å². The van der Waals surface area contributed by atoms with Gasteiger partial charge in [-0.15, -0.1) is 0 Å². The first kappa shape index (κ1) is 13.2. The summed E-state index contributed by atoms with van der Waals surface area (Å²) in [4.78, 5) is 0. The Bertz CT molecular complexity index is 301. The molecule has 1 aromatic carbocycles. The molecule has 0 saturated heterocycles. The lowest BCUT2D eigenvalue weighted by atomic mass is 9.96. The second-order valence-corrected chi connectivity index (χ2v) is 4.99. The zero-order chi connectivity index (χ0) is 12.0. The molecule has 0 unspecified atom stereocenters. The van der Waals surface area contributed by atoms with Gasteiger partial charge in [0.1, 0.15) is 0 Å². The SMILES string of the molecule is CCc1ccc(COCC(C)(C)CO)cc1. The van der Waals surface area contributed by atoms with Crippen LogP contribution >= 0.6 is 0 Å². The smallest absolute Gasteiger partial charge is 0.0717 e. The van der Waals surface area contributed by atoms with Crippen molar-refractivity contribution in [2.24, 2.45) is 5.41 Å². The Morgan fingerprint density at radius 3 is 2.19 bits per heavy atom. The minimum atomic E-state index is -0.149. The highest BCUT2D eigenvalue weighted by Gasteiger charge is 2.16. The Labute approximate surface area is 98.3 Å². The van der Waals surface area contributed by atoms with Gasteiger partial charge in [0.25, 0.3) is 0 Å². The summed E-state index contributed by atoms with van der Waals surface area (Å²) >= 11 is 0. The molecule has 0 atom stereocenters. The van der Waals surface area contributed by atoms with Crippen LogP contribution in [0.15, 0.2) is 24.3 Å². The van der Waals surface area contributed by atoms with E-state index < -0.39 is 0 Å². The van der Waals surface area contributed by atoms with Crippen LogP contribution in [0.3, 0.4) is 0 Å². The highest BCUT2D eigenvalue weighted by molar-refractivity contribution is 5.21. The molecule has 0 aromatic heterocycles. The molecule has 0 radical (unpaired) electrons. The topological polar surface area (TPSA) is 29.5 Å². The van der Waals surface area contributed by atoms with Crippen molar-refractivity contribution in [3.05, 3.63) is 35.4 Å². The normalized spacial score (nSPS) is 11.8. The molecule has 90 valence electrons. The number of aliphatic hydroxyl groups is 1. The lowest BCUT2D eigenvalue weighted by Crippen LogP contribution is -2.23. The summed E-state index contributed by atoms with van der Waals surface area (Å²) in [5, 5.41) is 9.08. The maximum absolute atomic E-state index is 9.08. The minimum absolute atomic E-state index is 0.149. The Morgan fingerprint density at radius 2 is 1.69 bits per heavy atom. The van der Waals surface area contributed by atoms with Crippen molar-refractivity contribution < 1.29 is 9.84 Å². The standard InChI is InChI=1S/C14H22O2/c1-4-12-5-7-13(8-6-12)9-16-11-14(2,3)10-15/h5-8,15H,4,9-11H2,1-3H3. The first-order valence-electron chi connectivity index (χ1n) is 5.84. The van der Waals surface area contributed by atoms with Gasteiger partial charge >= 0.3 is 0 Å². The maximum atomic E-state index is 9.08. The van der Waals surface area contributed by atoms with Crippen LogP contribution in [0.4, 0.5) is 0 Å². The first-order chi connectivity index (χ1) is 7.57. The summed E-state index contributed by atoms with van der Waals surface area (Å²) in [5.74, 6) is 0. The van der Waals surface area contributed by atoms with Gasteiger partial charge in [0.05, 0.1) is 19.8 Å². The minimum Gasteiger partial charge on any atom is -0.396 e. The Morgan fingerprint density at radius 1 is 1.12 bits per heavy atom. The predicted molar refractivity (Wildman–Crippen MR) is 66.3 cm³/mol. The van der Waals surface area contributed by atoms with Gasteiger partial charge in [-0.3, -0.25) is 0 Å². The number of hydrogen-bond acceptors (Lipinski definition) is 2. The summed E-state index contributed by atoms with van der Waals surface area (Å²) in [6, 6.07) is 8.47. The largest absolute Gasteiger partial charge is 0.396 e. The van der Waals surface area contributed by atoms with Crippen LogP contribution in [0.1, 0.15) is 31.9 Å². The third-order valence-electron chi connectivity index (χ3n) is 2.62. The van der Waals surface area contributed by atoms with Crippen molar-refractivity contribution in [1.29, 1.82) is 0 Å². The lowest BCUT2D eigenvalue weighted by molar-refractivity contribution is 0.0198. The fourth-order valence-electron chi connectivity index (χ4n) is 1.36. The third-order valence-corrected chi connectivity index (χ3v) is 2.62. The lowest BCUT2D eigenvalue weighted by Gasteiger charge is -2.21. The average Bonchev–Trinajstić information content (AvgIpc) is 2.30. The van der Waals surface area contributed by atoms with E-state index >= 15 is 0 Å². The molecule has 1 aromatic rings. The molecule has 0 spiro atoms.